The van der Waals surface area contributed by atoms with Crippen LogP contribution < -0.4 is 10.1 Å². The fraction of sp³-hybridized carbons (Fsp3) is 0.111. The van der Waals surface area contributed by atoms with E-state index in [4.69, 9.17) is 4.74 Å². The number of rotatable bonds is 3. The second-order valence-electron chi connectivity index (χ2n) is 5.16. The summed E-state index contributed by atoms with van der Waals surface area (Å²) >= 11 is 0. The van der Waals surface area contributed by atoms with Gasteiger partial charge in [0, 0.05) is 5.56 Å². The maximum atomic E-state index is 12.2. The zero-order valence-electron chi connectivity index (χ0n) is 12.1. The van der Waals surface area contributed by atoms with E-state index in [0.717, 1.165) is 5.56 Å². The van der Waals surface area contributed by atoms with E-state index in [0.29, 0.717) is 17.0 Å². The molecule has 0 saturated heterocycles. The number of ether oxygens (including phenoxy) is 1. The van der Waals surface area contributed by atoms with Gasteiger partial charge in [0.1, 0.15) is 5.75 Å². The lowest BCUT2D eigenvalue weighted by Gasteiger charge is -2.17. The molecule has 3 rings (SSSR count). The number of anilines is 1. The zero-order valence-corrected chi connectivity index (χ0v) is 12.1. The Morgan fingerprint density at radius 2 is 1.95 bits per heavy atom. The van der Waals surface area contributed by atoms with Gasteiger partial charge in [0.2, 0.25) is 0 Å². The summed E-state index contributed by atoms with van der Waals surface area (Å²) in [5, 5.41) is 2.69. The Kier molecular flexibility index (Phi) is 3.74. The van der Waals surface area contributed by atoms with Crippen LogP contribution in [0, 0.1) is 6.92 Å². The first-order valence-electron chi connectivity index (χ1n) is 6.97. The largest absolute Gasteiger partial charge is 0.482 e. The number of aryl methyl sites for hydroxylation is 1. The van der Waals surface area contributed by atoms with Crippen molar-refractivity contribution in [1.29, 1.82) is 0 Å². The summed E-state index contributed by atoms with van der Waals surface area (Å²) in [4.78, 5) is 23.5. The molecule has 1 amide bonds. The average molecular weight is 293 g/mol. The molecule has 2 aromatic rings. The summed E-state index contributed by atoms with van der Waals surface area (Å²) in [6, 6.07) is 12.9. The number of ketones is 1. The molecular formula is C18H15NO3. The lowest BCUT2D eigenvalue weighted by Crippen LogP contribution is -2.25. The van der Waals surface area contributed by atoms with E-state index in [2.05, 4.69) is 5.32 Å². The summed E-state index contributed by atoms with van der Waals surface area (Å²) in [5.41, 5.74) is 3.18. The quantitative estimate of drug-likeness (QED) is 0.698. The molecule has 0 aromatic heterocycles. The number of allylic oxidation sites excluding steroid dienone is 1. The van der Waals surface area contributed by atoms with Crippen LogP contribution in [0.5, 0.6) is 5.75 Å². The van der Waals surface area contributed by atoms with Crippen molar-refractivity contribution in [2.24, 2.45) is 0 Å². The number of hydrogen-bond acceptors (Lipinski definition) is 3. The van der Waals surface area contributed by atoms with E-state index < -0.39 is 0 Å². The van der Waals surface area contributed by atoms with E-state index in [1.165, 1.54) is 11.6 Å². The molecule has 4 heteroatoms. The van der Waals surface area contributed by atoms with Gasteiger partial charge >= 0.3 is 0 Å². The Bertz CT molecular complexity index is 760. The number of nitrogens with one attached hydrogen (secondary N) is 1. The van der Waals surface area contributed by atoms with Crippen molar-refractivity contribution in [2.75, 3.05) is 11.9 Å². The summed E-state index contributed by atoms with van der Waals surface area (Å²) in [5.74, 6) is 0.245. The highest BCUT2D eigenvalue weighted by Crippen LogP contribution is 2.28. The minimum atomic E-state index is -0.215. The monoisotopic (exact) mass is 293 g/mol. The van der Waals surface area contributed by atoms with Crippen LogP contribution >= 0.6 is 0 Å². The predicted octanol–water partition coefficient (Wildman–Crippen LogP) is 3.22. The molecule has 0 fully saturated rings. The van der Waals surface area contributed by atoms with Crippen molar-refractivity contribution in [3.8, 4) is 5.75 Å². The Labute approximate surface area is 128 Å². The number of carbonyl (C=O) groups is 2. The predicted molar refractivity (Wildman–Crippen MR) is 85.1 cm³/mol. The van der Waals surface area contributed by atoms with E-state index in [1.807, 2.05) is 31.2 Å². The van der Waals surface area contributed by atoms with Gasteiger partial charge in [-0.1, -0.05) is 35.9 Å². The van der Waals surface area contributed by atoms with Crippen LogP contribution in [0.15, 0.2) is 48.5 Å². The Morgan fingerprint density at radius 3 is 2.73 bits per heavy atom. The van der Waals surface area contributed by atoms with Gasteiger partial charge in [0.25, 0.3) is 5.91 Å². The van der Waals surface area contributed by atoms with Crippen molar-refractivity contribution in [1.82, 2.24) is 0 Å². The fourth-order valence-electron chi connectivity index (χ4n) is 2.18. The maximum absolute atomic E-state index is 12.2. The molecule has 0 radical (unpaired) electrons. The van der Waals surface area contributed by atoms with Gasteiger partial charge in [-0.15, -0.1) is 0 Å². The highest BCUT2D eigenvalue weighted by molar-refractivity contribution is 6.08. The highest BCUT2D eigenvalue weighted by Gasteiger charge is 2.17. The number of benzene rings is 2. The number of amides is 1. The molecule has 1 aliphatic rings. The molecule has 4 nitrogen and oxygen atoms in total. The van der Waals surface area contributed by atoms with Crippen LogP contribution in [0.1, 0.15) is 21.5 Å². The highest BCUT2D eigenvalue weighted by atomic mass is 16.5. The molecule has 0 bridgehead atoms. The third-order valence-electron chi connectivity index (χ3n) is 3.40. The minimum absolute atomic E-state index is 0.00756. The van der Waals surface area contributed by atoms with Crippen LogP contribution in [0.2, 0.25) is 0 Å². The second kappa shape index (κ2) is 5.85. The van der Waals surface area contributed by atoms with Crippen LogP contribution in [-0.2, 0) is 4.79 Å². The molecule has 110 valence electrons. The van der Waals surface area contributed by atoms with Crippen molar-refractivity contribution < 1.29 is 14.3 Å². The molecular weight excluding hydrogens is 278 g/mol. The zero-order chi connectivity index (χ0) is 15.5. The topological polar surface area (TPSA) is 55.4 Å². The van der Waals surface area contributed by atoms with Crippen LogP contribution in [0.4, 0.5) is 5.69 Å². The third kappa shape index (κ3) is 3.06. The van der Waals surface area contributed by atoms with E-state index >= 15 is 0 Å². The van der Waals surface area contributed by atoms with Crippen LogP contribution in [0.3, 0.4) is 0 Å². The summed E-state index contributed by atoms with van der Waals surface area (Å²) < 4.78 is 5.27. The van der Waals surface area contributed by atoms with Gasteiger partial charge < -0.3 is 10.1 Å². The Morgan fingerprint density at radius 1 is 1.18 bits per heavy atom. The molecule has 0 atom stereocenters. The Hall–Kier alpha value is -2.88. The molecule has 1 aliphatic heterocycles. The standard InChI is InChI=1S/C18H15NO3/c1-12-2-4-13(5-3-12)6-8-16(20)14-7-9-17-15(10-14)19-18(21)11-22-17/h2-10H,11H2,1H3,(H,19,21)/b8-6+. The molecule has 0 saturated carbocycles. The molecule has 22 heavy (non-hydrogen) atoms. The molecule has 0 spiro atoms. The van der Waals surface area contributed by atoms with Crippen LogP contribution in [0.25, 0.3) is 6.08 Å². The molecule has 1 heterocycles. The first-order chi connectivity index (χ1) is 10.6. The number of hydrogen-bond donors (Lipinski definition) is 1. The van der Waals surface area contributed by atoms with Crippen molar-refractivity contribution >= 4 is 23.5 Å². The first-order valence-corrected chi connectivity index (χ1v) is 6.97. The van der Waals surface area contributed by atoms with Gasteiger partial charge in [-0.25, -0.2) is 0 Å². The Balaban J connectivity index is 1.79. The number of carbonyl (C=O) groups excluding carboxylic acids is 2. The first kappa shape index (κ1) is 14.1. The lowest BCUT2D eigenvalue weighted by molar-refractivity contribution is -0.118. The molecule has 1 N–H and O–H groups in total. The van der Waals surface area contributed by atoms with Crippen molar-refractivity contribution in [2.45, 2.75) is 6.92 Å². The van der Waals surface area contributed by atoms with Gasteiger partial charge in [-0.3, -0.25) is 9.59 Å². The van der Waals surface area contributed by atoms with E-state index in [9.17, 15) is 9.59 Å². The van der Waals surface area contributed by atoms with E-state index in [-0.39, 0.29) is 18.3 Å². The fourth-order valence-corrected chi connectivity index (χ4v) is 2.18. The molecule has 2 aromatic carbocycles. The lowest BCUT2D eigenvalue weighted by atomic mass is 10.1. The second-order valence-corrected chi connectivity index (χ2v) is 5.16. The normalized spacial score (nSPS) is 13.4. The molecule has 0 aliphatic carbocycles. The average Bonchev–Trinajstić information content (AvgIpc) is 2.53. The SMILES string of the molecule is Cc1ccc(/C=C/C(=O)c2ccc3c(c2)NC(=O)CO3)cc1. The summed E-state index contributed by atoms with van der Waals surface area (Å²) in [7, 11) is 0. The van der Waals surface area contributed by atoms with Crippen molar-refractivity contribution in [3.05, 3.63) is 65.2 Å². The summed E-state index contributed by atoms with van der Waals surface area (Å²) in [6.45, 7) is 2.02. The minimum Gasteiger partial charge on any atom is -0.482 e. The van der Waals surface area contributed by atoms with Gasteiger partial charge in [0.15, 0.2) is 12.4 Å². The van der Waals surface area contributed by atoms with E-state index in [1.54, 1.807) is 24.3 Å². The van der Waals surface area contributed by atoms with Crippen LogP contribution in [-0.4, -0.2) is 18.3 Å². The number of fused-ring (bicyclic) bond motifs is 1. The van der Waals surface area contributed by atoms with Gasteiger partial charge in [-0.2, -0.15) is 0 Å². The summed E-state index contributed by atoms with van der Waals surface area (Å²) in [6.07, 6.45) is 3.30. The van der Waals surface area contributed by atoms with Gasteiger partial charge in [0.05, 0.1) is 5.69 Å². The third-order valence-corrected chi connectivity index (χ3v) is 3.40. The smallest absolute Gasteiger partial charge is 0.262 e. The molecule has 0 unspecified atom stereocenters. The van der Waals surface area contributed by atoms with Crippen molar-refractivity contribution in [3.63, 3.8) is 0 Å². The van der Waals surface area contributed by atoms with Gasteiger partial charge in [-0.05, 0) is 36.8 Å². The maximum Gasteiger partial charge on any atom is 0.262 e.